The van der Waals surface area contributed by atoms with E-state index < -0.39 is 52.8 Å². The molecule has 24 heavy (non-hydrogen) atoms. The summed E-state index contributed by atoms with van der Waals surface area (Å²) in [5, 5.41) is 10.2. The molecule has 2 heterocycles. The zero-order valence-corrected chi connectivity index (χ0v) is 14.0. The SMILES string of the molecule is CC(C)(C)OC(=O)[C@@]1(CCl)O[C@@H](n2ccc(=O)[nH]c2=O)[C@H](F)[C@@H]1O. The monoisotopic (exact) mass is 364 g/mol. The quantitative estimate of drug-likeness (QED) is 0.580. The van der Waals surface area contributed by atoms with Gasteiger partial charge in [-0.1, -0.05) is 0 Å². The molecule has 0 unspecified atom stereocenters. The van der Waals surface area contributed by atoms with E-state index in [1.54, 1.807) is 20.8 Å². The molecule has 1 aromatic heterocycles. The molecule has 1 saturated heterocycles. The number of ether oxygens (including phenoxy) is 2. The molecule has 1 fully saturated rings. The molecule has 0 aromatic carbocycles. The molecule has 0 saturated carbocycles. The minimum atomic E-state index is -2.17. The van der Waals surface area contributed by atoms with E-state index >= 15 is 0 Å². The van der Waals surface area contributed by atoms with Gasteiger partial charge in [-0.3, -0.25) is 14.3 Å². The number of carbonyl (C=O) groups is 1. The van der Waals surface area contributed by atoms with Gasteiger partial charge in [0.1, 0.15) is 11.7 Å². The van der Waals surface area contributed by atoms with Gasteiger partial charge in [0.05, 0.1) is 5.88 Å². The van der Waals surface area contributed by atoms with E-state index in [4.69, 9.17) is 21.1 Å². The van der Waals surface area contributed by atoms with Crippen molar-refractivity contribution < 1.29 is 23.8 Å². The summed E-state index contributed by atoms with van der Waals surface area (Å²) in [5.41, 5.74) is -4.72. The number of halogens is 2. The average molecular weight is 365 g/mol. The van der Waals surface area contributed by atoms with Crippen LogP contribution in [0.1, 0.15) is 27.0 Å². The lowest BCUT2D eigenvalue weighted by atomic mass is 9.97. The Hall–Kier alpha value is -1.71. The van der Waals surface area contributed by atoms with Gasteiger partial charge in [0.25, 0.3) is 5.56 Å². The van der Waals surface area contributed by atoms with E-state index in [1.165, 1.54) is 0 Å². The number of aliphatic hydroxyl groups excluding tert-OH is 1. The van der Waals surface area contributed by atoms with Crippen LogP contribution in [0, 0.1) is 0 Å². The Morgan fingerprint density at radius 3 is 2.67 bits per heavy atom. The van der Waals surface area contributed by atoms with Crippen LogP contribution in [0.15, 0.2) is 21.9 Å². The fourth-order valence-corrected chi connectivity index (χ4v) is 2.63. The van der Waals surface area contributed by atoms with Crippen molar-refractivity contribution in [2.75, 3.05) is 5.88 Å². The zero-order valence-electron chi connectivity index (χ0n) is 13.3. The van der Waals surface area contributed by atoms with E-state index in [1.807, 2.05) is 4.98 Å². The maximum Gasteiger partial charge on any atom is 0.343 e. The van der Waals surface area contributed by atoms with Crippen LogP contribution in [-0.2, 0) is 14.3 Å². The summed E-state index contributed by atoms with van der Waals surface area (Å²) in [6.45, 7) is 4.76. The summed E-state index contributed by atoms with van der Waals surface area (Å²) < 4.78 is 25.8. The van der Waals surface area contributed by atoms with Crippen LogP contribution in [0.2, 0.25) is 0 Å². The van der Waals surface area contributed by atoms with Crippen LogP contribution in [0.4, 0.5) is 4.39 Å². The average Bonchev–Trinajstić information content (AvgIpc) is 2.71. The molecule has 0 spiro atoms. The number of aromatic nitrogens is 2. The second-order valence-electron chi connectivity index (χ2n) is 6.44. The number of carbonyl (C=O) groups excluding carboxylic acids is 1. The topological polar surface area (TPSA) is 111 Å². The third kappa shape index (κ3) is 3.24. The summed E-state index contributed by atoms with van der Waals surface area (Å²) in [7, 11) is 0. The third-order valence-electron chi connectivity index (χ3n) is 3.45. The van der Waals surface area contributed by atoms with Crippen LogP contribution in [0.25, 0.3) is 0 Å². The smallest absolute Gasteiger partial charge is 0.343 e. The van der Waals surface area contributed by atoms with Crippen LogP contribution < -0.4 is 11.2 Å². The maximum atomic E-state index is 14.5. The second-order valence-corrected chi connectivity index (χ2v) is 6.71. The number of nitrogens with zero attached hydrogens (tertiary/aromatic N) is 1. The number of aliphatic hydroxyl groups is 1. The van der Waals surface area contributed by atoms with Gasteiger partial charge in [-0.15, -0.1) is 11.6 Å². The van der Waals surface area contributed by atoms with Gasteiger partial charge in [-0.2, -0.15) is 0 Å². The minimum absolute atomic E-state index is 0.585. The predicted octanol–water partition coefficient (Wildman–Crippen LogP) is 0.0837. The van der Waals surface area contributed by atoms with E-state index in [9.17, 15) is 23.9 Å². The Morgan fingerprint density at radius 1 is 1.54 bits per heavy atom. The summed E-state index contributed by atoms with van der Waals surface area (Å²) in [4.78, 5) is 37.2. The Labute approximate surface area is 141 Å². The normalized spacial score (nSPS) is 30.3. The molecule has 0 amide bonds. The van der Waals surface area contributed by atoms with Crippen LogP contribution in [0.5, 0.6) is 0 Å². The Bertz CT molecular complexity index is 742. The van der Waals surface area contributed by atoms with Gasteiger partial charge < -0.3 is 14.6 Å². The second kappa shape index (κ2) is 6.30. The molecule has 134 valence electrons. The maximum absolute atomic E-state index is 14.5. The van der Waals surface area contributed by atoms with Crippen molar-refractivity contribution in [3.63, 3.8) is 0 Å². The molecule has 2 rings (SSSR count). The van der Waals surface area contributed by atoms with Crippen molar-refractivity contribution in [2.45, 2.75) is 50.5 Å². The summed E-state index contributed by atoms with van der Waals surface area (Å²) in [5.74, 6) is -1.63. The molecule has 2 N–H and O–H groups in total. The standard InChI is InChI=1S/C14H18ClFN2O6/c1-13(2,3)24-11(21)14(6-15)9(20)8(16)10(23-14)18-5-4-7(19)17-12(18)22/h4-5,8-10,20H,6H2,1-3H3,(H,17,19,22)/t8-,9+,10-,14+/m1/s1. The third-order valence-corrected chi connectivity index (χ3v) is 3.85. The van der Waals surface area contributed by atoms with E-state index in [0.29, 0.717) is 0 Å². The van der Waals surface area contributed by atoms with Crippen LogP contribution in [-0.4, -0.2) is 50.0 Å². The number of hydrogen-bond donors (Lipinski definition) is 2. The highest BCUT2D eigenvalue weighted by molar-refractivity contribution is 6.20. The zero-order chi connectivity index (χ0) is 18.3. The van der Waals surface area contributed by atoms with Crippen molar-refractivity contribution >= 4 is 17.6 Å². The van der Waals surface area contributed by atoms with Crippen LogP contribution >= 0.6 is 11.6 Å². The van der Waals surface area contributed by atoms with Crippen molar-refractivity contribution in [3.05, 3.63) is 33.1 Å². The van der Waals surface area contributed by atoms with Gasteiger partial charge in [-0.25, -0.2) is 14.0 Å². The first-order valence-electron chi connectivity index (χ1n) is 7.13. The first-order chi connectivity index (χ1) is 11.0. The number of hydrogen-bond acceptors (Lipinski definition) is 6. The Kier molecular flexibility index (Phi) is 4.89. The first kappa shape index (κ1) is 18.6. The lowest BCUT2D eigenvalue weighted by Gasteiger charge is -2.31. The van der Waals surface area contributed by atoms with Gasteiger partial charge in [0, 0.05) is 12.3 Å². The fourth-order valence-electron chi connectivity index (χ4n) is 2.30. The molecule has 10 heteroatoms. The first-order valence-corrected chi connectivity index (χ1v) is 7.66. The molecule has 1 aromatic rings. The lowest BCUT2D eigenvalue weighted by Crippen LogP contribution is -2.53. The highest BCUT2D eigenvalue weighted by Crippen LogP contribution is 2.40. The van der Waals surface area contributed by atoms with Gasteiger partial charge in [0.2, 0.25) is 5.60 Å². The van der Waals surface area contributed by atoms with Crippen LogP contribution in [0.3, 0.4) is 0 Å². The molecule has 0 aliphatic carbocycles. The molecule has 4 atom stereocenters. The molecule has 0 bridgehead atoms. The molecule has 0 radical (unpaired) electrons. The number of alkyl halides is 2. The summed E-state index contributed by atoms with van der Waals surface area (Å²) in [6.07, 6.45) is -4.73. The van der Waals surface area contributed by atoms with Gasteiger partial charge in [-0.05, 0) is 20.8 Å². The number of esters is 1. The fraction of sp³-hybridized carbons (Fsp3) is 0.643. The Morgan fingerprint density at radius 2 is 2.17 bits per heavy atom. The Balaban J connectivity index is 2.42. The van der Waals surface area contributed by atoms with Crippen molar-refractivity contribution in [2.24, 2.45) is 0 Å². The van der Waals surface area contributed by atoms with Crippen molar-refractivity contribution in [1.82, 2.24) is 9.55 Å². The molecule has 8 nitrogen and oxygen atoms in total. The van der Waals surface area contributed by atoms with Crippen molar-refractivity contribution in [1.29, 1.82) is 0 Å². The summed E-state index contributed by atoms with van der Waals surface area (Å²) >= 11 is 5.77. The highest BCUT2D eigenvalue weighted by Gasteiger charge is 2.61. The largest absolute Gasteiger partial charge is 0.458 e. The number of H-pyrrole nitrogens is 1. The van der Waals surface area contributed by atoms with E-state index in [2.05, 4.69) is 0 Å². The number of rotatable bonds is 3. The van der Waals surface area contributed by atoms with E-state index in [-0.39, 0.29) is 0 Å². The lowest BCUT2D eigenvalue weighted by molar-refractivity contribution is -0.189. The highest BCUT2D eigenvalue weighted by atomic mass is 35.5. The van der Waals surface area contributed by atoms with Crippen molar-refractivity contribution in [3.8, 4) is 0 Å². The molecule has 1 aliphatic heterocycles. The minimum Gasteiger partial charge on any atom is -0.458 e. The number of nitrogens with one attached hydrogen (secondary N) is 1. The molecular weight excluding hydrogens is 347 g/mol. The van der Waals surface area contributed by atoms with Gasteiger partial charge in [0.15, 0.2) is 12.4 Å². The molecule has 1 aliphatic rings. The van der Waals surface area contributed by atoms with Gasteiger partial charge >= 0.3 is 11.7 Å². The number of aromatic amines is 1. The predicted molar refractivity (Wildman–Crippen MR) is 81.6 cm³/mol. The van der Waals surface area contributed by atoms with E-state index in [0.717, 1.165) is 16.8 Å². The summed E-state index contributed by atoms with van der Waals surface area (Å²) in [6, 6.07) is 0.984. The molecular formula is C14H18ClFN2O6.